The van der Waals surface area contributed by atoms with Crippen molar-refractivity contribution in [2.75, 3.05) is 20.2 Å². The van der Waals surface area contributed by atoms with Gasteiger partial charge in [-0.1, -0.05) is 0 Å². The molecule has 3 aliphatic heterocycles. The molecule has 3 unspecified atom stereocenters. The summed E-state index contributed by atoms with van der Waals surface area (Å²) in [5.74, 6) is -0.0441. The molecule has 3 aliphatic rings. The Kier molecular flexibility index (Phi) is 5.61. The molecule has 1 aromatic rings. The molecule has 3 fully saturated rings. The minimum atomic E-state index is -3.66. The summed E-state index contributed by atoms with van der Waals surface area (Å²) in [6.45, 7) is -1.01. The number of sulfonamides is 1. The van der Waals surface area contributed by atoms with Crippen LogP contribution >= 0.6 is 0 Å². The van der Waals surface area contributed by atoms with Crippen LogP contribution in [0.1, 0.15) is 32.1 Å². The number of rotatable bonds is 6. The zero-order chi connectivity index (χ0) is 19.9. The third-order valence-electron chi connectivity index (χ3n) is 6.29. The molecule has 28 heavy (non-hydrogen) atoms. The third kappa shape index (κ3) is 3.77. The predicted molar refractivity (Wildman–Crippen MR) is 98.9 cm³/mol. The molecule has 3 saturated heterocycles. The Morgan fingerprint density at radius 1 is 1.04 bits per heavy atom. The Balaban J connectivity index is 1.48. The van der Waals surface area contributed by atoms with Gasteiger partial charge in [0.05, 0.1) is 11.0 Å². The van der Waals surface area contributed by atoms with Gasteiger partial charge in [-0.05, 0) is 56.4 Å². The van der Waals surface area contributed by atoms with Crippen LogP contribution in [0, 0.1) is 0 Å². The Morgan fingerprint density at radius 2 is 1.68 bits per heavy atom. The highest BCUT2D eigenvalue weighted by molar-refractivity contribution is 7.89. The number of benzene rings is 1. The van der Waals surface area contributed by atoms with E-state index in [4.69, 9.17) is 4.74 Å². The lowest BCUT2D eigenvalue weighted by molar-refractivity contribution is -0.0498. The van der Waals surface area contributed by atoms with Crippen molar-refractivity contribution in [2.24, 2.45) is 0 Å². The Hall–Kier alpha value is -1.29. The summed E-state index contributed by atoms with van der Waals surface area (Å²) in [6, 6.07) is 5.64. The van der Waals surface area contributed by atoms with Gasteiger partial charge < -0.3 is 9.47 Å². The fraction of sp³-hybridized carbons (Fsp3) is 0.684. The highest BCUT2D eigenvalue weighted by Crippen LogP contribution is 2.42. The van der Waals surface area contributed by atoms with Crippen molar-refractivity contribution < 1.29 is 26.7 Å². The quantitative estimate of drug-likeness (QED) is 0.714. The molecule has 0 amide bonds. The van der Waals surface area contributed by atoms with Crippen LogP contribution in [-0.4, -0.2) is 68.7 Å². The summed E-state index contributed by atoms with van der Waals surface area (Å²) < 4.78 is 62.5. The van der Waals surface area contributed by atoms with E-state index in [0.717, 1.165) is 45.2 Å². The maximum absolute atomic E-state index is 13.2. The summed E-state index contributed by atoms with van der Waals surface area (Å²) in [4.78, 5) is 2.57. The van der Waals surface area contributed by atoms with Gasteiger partial charge in [-0.15, -0.1) is 0 Å². The number of alkyl halides is 2. The van der Waals surface area contributed by atoms with Crippen LogP contribution in [0.4, 0.5) is 8.78 Å². The minimum absolute atomic E-state index is 0.00710. The van der Waals surface area contributed by atoms with Gasteiger partial charge in [-0.2, -0.15) is 13.1 Å². The molecule has 6 nitrogen and oxygen atoms in total. The molecule has 0 aromatic heterocycles. The predicted octanol–water partition coefficient (Wildman–Crippen LogP) is 2.69. The van der Waals surface area contributed by atoms with E-state index in [1.165, 1.54) is 24.3 Å². The minimum Gasteiger partial charge on any atom is -0.435 e. The number of methoxy groups -OCH3 is 1. The molecule has 2 bridgehead atoms. The third-order valence-corrected chi connectivity index (χ3v) is 8.31. The average Bonchev–Trinajstić information content (AvgIpc) is 3.25. The molecule has 1 aromatic carbocycles. The van der Waals surface area contributed by atoms with Gasteiger partial charge in [0.1, 0.15) is 5.75 Å². The number of hydrogen-bond acceptors (Lipinski definition) is 5. The zero-order valence-corrected chi connectivity index (χ0v) is 16.7. The van der Waals surface area contributed by atoms with Gasteiger partial charge in [0, 0.05) is 38.3 Å². The van der Waals surface area contributed by atoms with E-state index in [2.05, 4.69) is 9.64 Å². The van der Waals surface area contributed by atoms with E-state index in [1.54, 1.807) is 11.4 Å². The van der Waals surface area contributed by atoms with E-state index >= 15 is 0 Å². The van der Waals surface area contributed by atoms with Gasteiger partial charge in [0.15, 0.2) is 0 Å². The van der Waals surface area contributed by atoms with Crippen LogP contribution in [0.25, 0.3) is 0 Å². The van der Waals surface area contributed by atoms with Crippen LogP contribution in [0.3, 0.4) is 0 Å². The number of ether oxygens (including phenoxy) is 2. The Bertz CT molecular complexity index is 776. The second-order valence-corrected chi connectivity index (χ2v) is 9.68. The van der Waals surface area contributed by atoms with Crippen molar-refractivity contribution in [1.82, 2.24) is 9.21 Å². The maximum atomic E-state index is 13.2. The van der Waals surface area contributed by atoms with E-state index in [9.17, 15) is 17.2 Å². The monoisotopic (exact) mass is 416 g/mol. The van der Waals surface area contributed by atoms with Crippen molar-refractivity contribution >= 4 is 10.0 Å². The summed E-state index contributed by atoms with van der Waals surface area (Å²) in [5.41, 5.74) is 0. The molecular weight excluding hydrogens is 390 g/mol. The lowest BCUT2D eigenvalue weighted by atomic mass is 9.98. The fourth-order valence-electron chi connectivity index (χ4n) is 4.99. The standard InChI is InChI=1S/C19H26F2N2O4S/c1-26-17-8-9-22(12-17)15-10-13-2-3-14(11-15)23(13)28(24,25)18-6-4-16(5-7-18)27-19(20)21/h4-7,13-15,17,19H,2-3,8-12H2,1H3. The molecule has 9 heteroatoms. The topological polar surface area (TPSA) is 59.1 Å². The molecule has 0 saturated carbocycles. The first-order valence-corrected chi connectivity index (χ1v) is 11.2. The second-order valence-electron chi connectivity index (χ2n) is 7.84. The van der Waals surface area contributed by atoms with Gasteiger partial charge in [-0.3, -0.25) is 4.90 Å². The van der Waals surface area contributed by atoms with E-state index in [1.807, 2.05) is 0 Å². The largest absolute Gasteiger partial charge is 0.435 e. The number of piperidine rings is 1. The van der Waals surface area contributed by atoms with Crippen LogP contribution in [-0.2, 0) is 14.8 Å². The molecule has 0 aliphatic carbocycles. The van der Waals surface area contributed by atoms with Gasteiger partial charge >= 0.3 is 6.61 Å². The fourth-order valence-corrected chi connectivity index (χ4v) is 6.88. The van der Waals surface area contributed by atoms with Crippen LogP contribution in [0.15, 0.2) is 29.2 Å². The zero-order valence-electron chi connectivity index (χ0n) is 15.8. The van der Waals surface area contributed by atoms with Gasteiger partial charge in [0.2, 0.25) is 10.0 Å². The van der Waals surface area contributed by atoms with Crippen LogP contribution in [0.2, 0.25) is 0 Å². The number of fused-ring (bicyclic) bond motifs is 2. The SMILES string of the molecule is COC1CCN(C2CC3CCC(C2)N3S(=O)(=O)c2ccc(OC(F)F)cc2)C1. The summed E-state index contributed by atoms with van der Waals surface area (Å²) in [6.07, 6.45) is 4.70. The lowest BCUT2D eigenvalue weighted by Gasteiger charge is -2.41. The molecule has 3 heterocycles. The smallest absolute Gasteiger partial charge is 0.387 e. The van der Waals surface area contributed by atoms with E-state index < -0.39 is 16.6 Å². The van der Waals surface area contributed by atoms with Crippen molar-refractivity contribution in [3.8, 4) is 5.75 Å². The summed E-state index contributed by atoms with van der Waals surface area (Å²) >= 11 is 0. The maximum Gasteiger partial charge on any atom is 0.387 e. The van der Waals surface area contributed by atoms with Crippen molar-refractivity contribution in [3.05, 3.63) is 24.3 Å². The molecule has 4 rings (SSSR count). The lowest BCUT2D eigenvalue weighted by Crippen LogP contribution is -2.52. The molecular formula is C19H26F2N2O4S. The summed E-state index contributed by atoms with van der Waals surface area (Å²) in [5, 5.41) is 0. The highest BCUT2D eigenvalue weighted by atomic mass is 32.2. The molecule has 0 spiro atoms. The normalized spacial score (nSPS) is 31.6. The van der Waals surface area contributed by atoms with Crippen LogP contribution < -0.4 is 4.74 Å². The van der Waals surface area contributed by atoms with Crippen molar-refractivity contribution in [2.45, 2.75) is 67.8 Å². The molecule has 0 N–H and O–H groups in total. The molecule has 156 valence electrons. The Morgan fingerprint density at radius 3 is 2.21 bits per heavy atom. The molecule has 0 radical (unpaired) electrons. The highest BCUT2D eigenvalue weighted by Gasteiger charge is 2.48. The number of halogens is 2. The number of likely N-dealkylation sites (tertiary alicyclic amines) is 1. The first-order chi connectivity index (χ1) is 13.4. The van der Waals surface area contributed by atoms with Crippen molar-refractivity contribution in [3.63, 3.8) is 0 Å². The van der Waals surface area contributed by atoms with Gasteiger partial charge in [0.25, 0.3) is 0 Å². The van der Waals surface area contributed by atoms with Gasteiger partial charge in [-0.25, -0.2) is 8.42 Å². The summed E-state index contributed by atoms with van der Waals surface area (Å²) in [7, 11) is -1.92. The first-order valence-electron chi connectivity index (χ1n) is 9.73. The van der Waals surface area contributed by atoms with E-state index in [-0.39, 0.29) is 28.8 Å². The average molecular weight is 416 g/mol. The number of hydrogen-bond donors (Lipinski definition) is 0. The second kappa shape index (κ2) is 7.85. The van der Waals surface area contributed by atoms with Crippen LogP contribution in [0.5, 0.6) is 5.75 Å². The first kappa shape index (κ1) is 20.0. The van der Waals surface area contributed by atoms with Crippen molar-refractivity contribution in [1.29, 1.82) is 0 Å². The molecule has 3 atom stereocenters. The van der Waals surface area contributed by atoms with E-state index in [0.29, 0.717) is 6.04 Å². The number of nitrogens with zero attached hydrogens (tertiary/aromatic N) is 2. The Labute approximate surface area is 164 Å².